The molecule has 0 fully saturated rings. The quantitative estimate of drug-likeness (QED) is 0.585. The molecule has 1 aliphatic rings. The van der Waals surface area contributed by atoms with Crippen molar-refractivity contribution >= 4 is 11.7 Å². The van der Waals surface area contributed by atoms with E-state index in [0.717, 1.165) is 11.3 Å². The van der Waals surface area contributed by atoms with E-state index in [4.69, 9.17) is 0 Å². The Bertz CT molecular complexity index is 392. The Morgan fingerprint density at radius 2 is 2.38 bits per heavy atom. The molecule has 0 spiro atoms. The van der Waals surface area contributed by atoms with Crippen molar-refractivity contribution < 1.29 is 9.63 Å². The number of rotatable bonds is 1. The van der Waals surface area contributed by atoms with Gasteiger partial charge in [0.2, 0.25) is 0 Å². The van der Waals surface area contributed by atoms with E-state index in [2.05, 4.69) is 15.1 Å². The molecule has 0 atom stereocenters. The predicted octanol–water partition coefficient (Wildman–Crippen LogP) is 0.380. The van der Waals surface area contributed by atoms with Crippen LogP contribution in [-0.2, 0) is 16.7 Å². The first-order chi connectivity index (χ1) is 6.16. The van der Waals surface area contributed by atoms with Gasteiger partial charge in [0.05, 0.1) is 12.1 Å². The van der Waals surface area contributed by atoms with Crippen molar-refractivity contribution in [2.24, 2.45) is 12.2 Å². The summed E-state index contributed by atoms with van der Waals surface area (Å²) >= 11 is 0. The van der Waals surface area contributed by atoms with Crippen LogP contribution in [0.15, 0.2) is 11.4 Å². The SMILES string of the molecule is Cc1nn(C)cc1C1=NOC(=O)C1. The first-order valence-corrected chi connectivity index (χ1v) is 3.94. The van der Waals surface area contributed by atoms with E-state index in [1.807, 2.05) is 20.2 Å². The highest BCUT2D eigenvalue weighted by atomic mass is 16.7. The highest BCUT2D eigenvalue weighted by molar-refractivity contribution is 6.11. The molecule has 0 aromatic carbocycles. The molecule has 0 radical (unpaired) electrons. The van der Waals surface area contributed by atoms with Gasteiger partial charge in [-0.1, -0.05) is 5.16 Å². The number of aryl methyl sites for hydroxylation is 2. The molecule has 0 amide bonds. The van der Waals surface area contributed by atoms with Gasteiger partial charge in [-0.2, -0.15) is 5.10 Å². The molecular formula is C8H9N3O2. The van der Waals surface area contributed by atoms with E-state index < -0.39 is 0 Å². The Kier molecular flexibility index (Phi) is 1.65. The average molecular weight is 179 g/mol. The van der Waals surface area contributed by atoms with Gasteiger partial charge in [-0.25, -0.2) is 4.79 Å². The van der Waals surface area contributed by atoms with Crippen molar-refractivity contribution in [1.82, 2.24) is 9.78 Å². The number of carbonyl (C=O) groups is 1. The lowest BCUT2D eigenvalue weighted by molar-refractivity contribution is -0.140. The average Bonchev–Trinajstić information content (AvgIpc) is 2.58. The summed E-state index contributed by atoms with van der Waals surface area (Å²) in [5.41, 5.74) is 2.41. The summed E-state index contributed by atoms with van der Waals surface area (Å²) in [4.78, 5) is 15.3. The molecule has 0 saturated carbocycles. The summed E-state index contributed by atoms with van der Waals surface area (Å²) in [6, 6.07) is 0. The van der Waals surface area contributed by atoms with Gasteiger partial charge in [0.1, 0.15) is 5.71 Å². The molecule has 1 aromatic rings. The first-order valence-electron chi connectivity index (χ1n) is 3.94. The Balaban J connectivity index is 2.36. The van der Waals surface area contributed by atoms with Crippen LogP contribution in [0.1, 0.15) is 17.7 Å². The molecule has 1 aromatic heterocycles. The molecule has 5 heteroatoms. The van der Waals surface area contributed by atoms with E-state index in [0.29, 0.717) is 5.71 Å². The summed E-state index contributed by atoms with van der Waals surface area (Å²) in [5, 5.41) is 7.82. The molecule has 2 rings (SSSR count). The topological polar surface area (TPSA) is 56.5 Å². The second-order valence-electron chi connectivity index (χ2n) is 2.98. The van der Waals surface area contributed by atoms with E-state index in [9.17, 15) is 4.79 Å². The Labute approximate surface area is 75.0 Å². The van der Waals surface area contributed by atoms with Crippen LogP contribution < -0.4 is 0 Å². The lowest BCUT2D eigenvalue weighted by Gasteiger charge is -1.90. The zero-order valence-corrected chi connectivity index (χ0v) is 7.44. The van der Waals surface area contributed by atoms with Crippen LogP contribution in [-0.4, -0.2) is 21.5 Å². The third-order valence-corrected chi connectivity index (χ3v) is 1.89. The fourth-order valence-electron chi connectivity index (χ4n) is 1.33. The lowest BCUT2D eigenvalue weighted by atomic mass is 10.1. The molecule has 68 valence electrons. The van der Waals surface area contributed by atoms with Crippen molar-refractivity contribution in [2.45, 2.75) is 13.3 Å². The zero-order valence-electron chi connectivity index (χ0n) is 7.44. The molecule has 5 nitrogen and oxygen atoms in total. The molecule has 0 saturated heterocycles. The summed E-state index contributed by atoms with van der Waals surface area (Å²) in [6.07, 6.45) is 2.07. The Morgan fingerprint density at radius 3 is 2.85 bits per heavy atom. The van der Waals surface area contributed by atoms with Gasteiger partial charge in [-0.15, -0.1) is 0 Å². The lowest BCUT2D eigenvalue weighted by Crippen LogP contribution is -2.00. The molecule has 0 aliphatic carbocycles. The number of carbonyl (C=O) groups excluding carboxylic acids is 1. The van der Waals surface area contributed by atoms with Gasteiger partial charge in [0, 0.05) is 18.8 Å². The number of oxime groups is 1. The standard InChI is InChI=1S/C8H9N3O2/c1-5-6(4-11(2)9-5)7-3-8(12)13-10-7/h4H,3H2,1-2H3. The monoisotopic (exact) mass is 179 g/mol. The van der Waals surface area contributed by atoms with Gasteiger partial charge < -0.3 is 4.84 Å². The summed E-state index contributed by atoms with van der Waals surface area (Å²) in [5.74, 6) is -0.307. The second kappa shape index (κ2) is 2.69. The largest absolute Gasteiger partial charge is 0.341 e. The van der Waals surface area contributed by atoms with Crippen LogP contribution in [0.2, 0.25) is 0 Å². The van der Waals surface area contributed by atoms with Gasteiger partial charge in [0.15, 0.2) is 0 Å². The van der Waals surface area contributed by atoms with E-state index in [-0.39, 0.29) is 12.4 Å². The first kappa shape index (κ1) is 7.97. The second-order valence-corrected chi connectivity index (χ2v) is 2.98. The third kappa shape index (κ3) is 1.32. The van der Waals surface area contributed by atoms with Crippen molar-refractivity contribution in [1.29, 1.82) is 0 Å². The fraction of sp³-hybridized carbons (Fsp3) is 0.375. The van der Waals surface area contributed by atoms with Crippen LogP contribution >= 0.6 is 0 Å². The minimum Gasteiger partial charge on any atom is -0.318 e. The summed E-state index contributed by atoms with van der Waals surface area (Å²) < 4.78 is 1.69. The van der Waals surface area contributed by atoms with Gasteiger partial charge in [-0.05, 0) is 6.92 Å². The van der Waals surface area contributed by atoms with Crippen molar-refractivity contribution in [3.8, 4) is 0 Å². The third-order valence-electron chi connectivity index (χ3n) is 1.89. The van der Waals surface area contributed by atoms with Crippen molar-refractivity contribution in [3.05, 3.63) is 17.5 Å². The molecule has 1 aliphatic heterocycles. The van der Waals surface area contributed by atoms with Crippen LogP contribution in [0.4, 0.5) is 0 Å². The van der Waals surface area contributed by atoms with Crippen molar-refractivity contribution in [3.63, 3.8) is 0 Å². The maximum Gasteiger partial charge on any atom is 0.341 e. The smallest absolute Gasteiger partial charge is 0.318 e. The highest BCUT2D eigenvalue weighted by Gasteiger charge is 2.21. The van der Waals surface area contributed by atoms with Crippen LogP contribution in [0.3, 0.4) is 0 Å². The summed E-state index contributed by atoms with van der Waals surface area (Å²) in [7, 11) is 1.83. The number of aromatic nitrogens is 2. The number of nitrogens with zero attached hydrogens (tertiary/aromatic N) is 3. The van der Waals surface area contributed by atoms with Gasteiger partial charge in [0.25, 0.3) is 0 Å². The zero-order chi connectivity index (χ0) is 9.42. The van der Waals surface area contributed by atoms with Gasteiger partial charge in [-0.3, -0.25) is 4.68 Å². The Morgan fingerprint density at radius 1 is 1.62 bits per heavy atom. The Hall–Kier alpha value is -1.65. The number of hydrogen-bond donors (Lipinski definition) is 0. The van der Waals surface area contributed by atoms with Crippen LogP contribution in [0.25, 0.3) is 0 Å². The molecule has 0 bridgehead atoms. The molecule has 2 heterocycles. The maximum absolute atomic E-state index is 10.8. The molecule has 0 N–H and O–H groups in total. The fourth-order valence-corrected chi connectivity index (χ4v) is 1.33. The predicted molar refractivity (Wildman–Crippen MR) is 45.2 cm³/mol. The van der Waals surface area contributed by atoms with E-state index in [1.54, 1.807) is 4.68 Å². The molecular weight excluding hydrogens is 170 g/mol. The van der Waals surface area contributed by atoms with Gasteiger partial charge >= 0.3 is 5.97 Å². The van der Waals surface area contributed by atoms with Crippen molar-refractivity contribution in [2.75, 3.05) is 0 Å². The minimum atomic E-state index is -0.307. The normalized spacial score (nSPS) is 15.8. The minimum absolute atomic E-state index is 0.243. The van der Waals surface area contributed by atoms with Crippen LogP contribution in [0.5, 0.6) is 0 Å². The molecule has 0 unspecified atom stereocenters. The maximum atomic E-state index is 10.8. The number of hydrogen-bond acceptors (Lipinski definition) is 4. The van der Waals surface area contributed by atoms with Crippen LogP contribution in [0, 0.1) is 6.92 Å². The highest BCUT2D eigenvalue weighted by Crippen LogP contribution is 2.14. The van der Waals surface area contributed by atoms with E-state index in [1.165, 1.54) is 0 Å². The molecule has 13 heavy (non-hydrogen) atoms. The van der Waals surface area contributed by atoms with E-state index >= 15 is 0 Å². The summed E-state index contributed by atoms with van der Waals surface area (Å²) in [6.45, 7) is 1.88.